The number of hydrogen-bond acceptors (Lipinski definition) is 5. The third-order valence-electron chi connectivity index (χ3n) is 2.91. The molecule has 2 heterocycles. The molecule has 0 fully saturated rings. The van der Waals surface area contributed by atoms with E-state index in [1.54, 1.807) is 29.3 Å². The molecule has 120 valence electrons. The van der Waals surface area contributed by atoms with Gasteiger partial charge < -0.3 is 10.6 Å². The van der Waals surface area contributed by atoms with Crippen LogP contribution in [0.2, 0.25) is 0 Å². The number of hydrogen-bond donors (Lipinski definition) is 2. The zero-order valence-electron chi connectivity index (χ0n) is 13.0. The van der Waals surface area contributed by atoms with Gasteiger partial charge in [-0.1, -0.05) is 11.8 Å². The third kappa shape index (κ3) is 5.69. The van der Waals surface area contributed by atoms with E-state index in [2.05, 4.69) is 32.6 Å². The molecule has 6 nitrogen and oxygen atoms in total. The molecule has 0 spiro atoms. The summed E-state index contributed by atoms with van der Waals surface area (Å²) in [6.45, 7) is 4.44. The van der Waals surface area contributed by atoms with Crippen LogP contribution in [-0.4, -0.2) is 39.6 Å². The summed E-state index contributed by atoms with van der Waals surface area (Å²) in [5.41, 5.74) is 1.09. The first kappa shape index (κ1) is 16.8. The van der Waals surface area contributed by atoms with Crippen molar-refractivity contribution >= 4 is 29.1 Å². The summed E-state index contributed by atoms with van der Waals surface area (Å²) in [4.78, 5) is 8.84. The van der Waals surface area contributed by atoms with Crippen molar-refractivity contribution in [1.82, 2.24) is 25.4 Å². The van der Waals surface area contributed by atoms with Crippen molar-refractivity contribution in [3.05, 3.63) is 29.5 Å². The van der Waals surface area contributed by atoms with Crippen molar-refractivity contribution in [3.8, 4) is 0 Å². The second kappa shape index (κ2) is 9.47. The van der Waals surface area contributed by atoms with Gasteiger partial charge in [0.15, 0.2) is 5.96 Å². The van der Waals surface area contributed by atoms with Crippen LogP contribution in [0.4, 0.5) is 0 Å². The summed E-state index contributed by atoms with van der Waals surface area (Å²) in [6, 6.07) is 1.98. The number of guanidine groups is 1. The first-order valence-corrected chi connectivity index (χ1v) is 9.17. The number of nitrogens with zero attached hydrogens (tertiary/aromatic N) is 4. The molecule has 0 aliphatic rings. The molecule has 2 aromatic heterocycles. The molecule has 0 bridgehead atoms. The summed E-state index contributed by atoms with van der Waals surface area (Å²) >= 11 is 3.49. The van der Waals surface area contributed by atoms with E-state index in [0.717, 1.165) is 41.3 Å². The minimum atomic E-state index is 0.625. The lowest BCUT2D eigenvalue weighted by Gasteiger charge is -2.11. The van der Waals surface area contributed by atoms with Crippen LogP contribution in [0.25, 0.3) is 0 Å². The Morgan fingerprint density at radius 3 is 3.00 bits per heavy atom. The fourth-order valence-corrected chi connectivity index (χ4v) is 3.43. The highest BCUT2D eigenvalue weighted by Crippen LogP contribution is 2.20. The minimum absolute atomic E-state index is 0.625. The Morgan fingerprint density at radius 1 is 1.41 bits per heavy atom. The van der Waals surface area contributed by atoms with Gasteiger partial charge in [0.1, 0.15) is 4.34 Å². The second-order valence-electron chi connectivity index (χ2n) is 4.57. The zero-order chi connectivity index (χ0) is 15.6. The molecular weight excluding hydrogens is 316 g/mol. The number of thioether (sulfide) groups is 1. The molecule has 8 heteroatoms. The summed E-state index contributed by atoms with van der Waals surface area (Å²) < 4.78 is 2.98. The topological polar surface area (TPSA) is 67.1 Å². The summed E-state index contributed by atoms with van der Waals surface area (Å²) in [5, 5.41) is 12.8. The average Bonchev–Trinajstić information content (AvgIpc) is 3.16. The van der Waals surface area contributed by atoms with Crippen molar-refractivity contribution in [2.75, 3.05) is 18.8 Å². The van der Waals surface area contributed by atoms with Crippen molar-refractivity contribution in [2.45, 2.75) is 24.2 Å². The van der Waals surface area contributed by atoms with Gasteiger partial charge >= 0.3 is 0 Å². The molecule has 0 saturated heterocycles. The number of aromatic nitrogens is 3. The van der Waals surface area contributed by atoms with Crippen LogP contribution in [0, 0.1) is 0 Å². The third-order valence-corrected chi connectivity index (χ3v) is 4.97. The Bertz CT molecular complexity index is 564. The lowest BCUT2D eigenvalue weighted by molar-refractivity contribution is 0.706. The molecule has 0 aliphatic heterocycles. The van der Waals surface area contributed by atoms with E-state index < -0.39 is 0 Å². The van der Waals surface area contributed by atoms with Gasteiger partial charge in [0.05, 0.1) is 12.2 Å². The van der Waals surface area contributed by atoms with Crippen LogP contribution in [0.3, 0.4) is 0 Å². The van der Waals surface area contributed by atoms with E-state index in [0.29, 0.717) is 6.54 Å². The molecule has 0 radical (unpaired) electrons. The highest BCUT2D eigenvalue weighted by Gasteiger charge is 2.01. The van der Waals surface area contributed by atoms with E-state index in [1.165, 1.54) is 0 Å². The first-order chi connectivity index (χ1) is 10.8. The largest absolute Gasteiger partial charge is 0.357 e. The second-order valence-corrected chi connectivity index (χ2v) is 6.80. The van der Waals surface area contributed by atoms with Crippen LogP contribution in [-0.2, 0) is 13.6 Å². The lowest BCUT2D eigenvalue weighted by Crippen LogP contribution is -2.37. The Balaban J connectivity index is 1.70. The first-order valence-electron chi connectivity index (χ1n) is 7.31. The van der Waals surface area contributed by atoms with Crippen molar-refractivity contribution in [3.63, 3.8) is 0 Å². The van der Waals surface area contributed by atoms with E-state index in [-0.39, 0.29) is 0 Å². The van der Waals surface area contributed by atoms with Crippen LogP contribution < -0.4 is 10.6 Å². The molecule has 2 N–H and O–H groups in total. The van der Waals surface area contributed by atoms with Gasteiger partial charge in [-0.15, -0.1) is 11.3 Å². The number of nitrogens with one attached hydrogen (secondary N) is 2. The predicted octanol–water partition coefficient (Wildman–Crippen LogP) is 2.11. The number of thiazole rings is 1. The van der Waals surface area contributed by atoms with E-state index in [4.69, 9.17) is 0 Å². The molecule has 0 saturated carbocycles. The summed E-state index contributed by atoms with van der Waals surface area (Å²) in [6.07, 6.45) is 4.71. The van der Waals surface area contributed by atoms with Crippen LogP contribution in [0.15, 0.2) is 33.2 Å². The Morgan fingerprint density at radius 2 is 2.32 bits per heavy atom. The van der Waals surface area contributed by atoms with Gasteiger partial charge in [0.2, 0.25) is 0 Å². The van der Waals surface area contributed by atoms with E-state index in [9.17, 15) is 0 Å². The lowest BCUT2D eigenvalue weighted by atomic mass is 10.4. The normalized spacial score (nSPS) is 11.6. The number of aryl methyl sites for hydroxylation is 1. The van der Waals surface area contributed by atoms with Gasteiger partial charge in [-0.2, -0.15) is 5.10 Å². The average molecular weight is 339 g/mol. The SMILES string of the molecule is CCNC(=NCc1ccnn1C)NCCCSc1nccs1. The smallest absolute Gasteiger partial charge is 0.191 e. The fraction of sp³-hybridized carbons (Fsp3) is 0.500. The molecule has 2 rings (SSSR count). The molecule has 0 amide bonds. The Hall–Kier alpha value is -1.54. The number of aliphatic imine (C=N–C) groups is 1. The maximum absolute atomic E-state index is 4.58. The summed E-state index contributed by atoms with van der Waals surface area (Å²) in [5.74, 6) is 1.91. The standard InChI is InChI=1S/C14H22N6S2/c1-3-15-13(18-11-12-5-7-19-20(12)2)16-6-4-9-21-14-17-8-10-22-14/h5,7-8,10H,3-4,6,9,11H2,1-2H3,(H2,15,16,18). The van der Waals surface area contributed by atoms with Crippen molar-refractivity contribution in [1.29, 1.82) is 0 Å². The van der Waals surface area contributed by atoms with Gasteiger partial charge in [-0.25, -0.2) is 9.98 Å². The molecule has 22 heavy (non-hydrogen) atoms. The van der Waals surface area contributed by atoms with Crippen molar-refractivity contribution in [2.24, 2.45) is 12.0 Å². The predicted molar refractivity (Wildman–Crippen MR) is 93.5 cm³/mol. The molecule has 0 aliphatic carbocycles. The monoisotopic (exact) mass is 338 g/mol. The molecule has 0 unspecified atom stereocenters. The maximum Gasteiger partial charge on any atom is 0.191 e. The maximum atomic E-state index is 4.58. The van der Waals surface area contributed by atoms with Gasteiger partial charge in [-0.3, -0.25) is 4.68 Å². The molecule has 0 atom stereocenters. The van der Waals surface area contributed by atoms with Gasteiger partial charge in [0, 0.05) is 43.7 Å². The van der Waals surface area contributed by atoms with Gasteiger partial charge in [-0.05, 0) is 19.4 Å². The van der Waals surface area contributed by atoms with Crippen LogP contribution >= 0.6 is 23.1 Å². The number of rotatable bonds is 8. The van der Waals surface area contributed by atoms with Gasteiger partial charge in [0.25, 0.3) is 0 Å². The van der Waals surface area contributed by atoms with Crippen LogP contribution in [0.5, 0.6) is 0 Å². The Labute approximate surface area is 139 Å². The zero-order valence-corrected chi connectivity index (χ0v) is 14.6. The Kier molecular flexibility index (Phi) is 7.24. The summed E-state index contributed by atoms with van der Waals surface area (Å²) in [7, 11) is 1.93. The van der Waals surface area contributed by atoms with Crippen LogP contribution in [0.1, 0.15) is 19.0 Å². The minimum Gasteiger partial charge on any atom is -0.357 e. The quantitative estimate of drug-likeness (QED) is 0.334. The highest BCUT2D eigenvalue weighted by molar-refractivity contribution is 8.00. The highest BCUT2D eigenvalue weighted by atomic mass is 32.2. The van der Waals surface area contributed by atoms with E-state index >= 15 is 0 Å². The van der Waals surface area contributed by atoms with Crippen molar-refractivity contribution < 1.29 is 0 Å². The molecule has 2 aromatic rings. The molecular formula is C14H22N6S2. The fourth-order valence-electron chi connectivity index (χ4n) is 1.78. The van der Waals surface area contributed by atoms with E-state index in [1.807, 2.05) is 29.4 Å². The molecule has 0 aromatic carbocycles.